The standard InChI is InChI=1S/C21H18ClN3O4/c1-4-7-28-21(26)17-11(2)29-20(24)15(10-23)18(17)14-9-12-8-13(27-3)5-6-16(12)25-19(14)22/h4-6,8-9,18H,1,7,24H2,2-3H3. The first-order valence-corrected chi connectivity index (χ1v) is 8.99. The van der Waals surface area contributed by atoms with Crippen molar-refractivity contribution in [3.05, 3.63) is 70.4 Å². The van der Waals surface area contributed by atoms with Crippen molar-refractivity contribution in [3.63, 3.8) is 0 Å². The number of rotatable bonds is 5. The zero-order valence-electron chi connectivity index (χ0n) is 15.9. The summed E-state index contributed by atoms with van der Waals surface area (Å²) in [6.07, 6.45) is 1.44. The monoisotopic (exact) mass is 411 g/mol. The van der Waals surface area contributed by atoms with Crippen molar-refractivity contribution >= 4 is 28.5 Å². The second-order valence-electron chi connectivity index (χ2n) is 6.21. The van der Waals surface area contributed by atoms with Crippen LogP contribution in [0.1, 0.15) is 18.4 Å². The lowest BCUT2D eigenvalue weighted by Crippen LogP contribution is -2.26. The Balaban J connectivity index is 2.23. The summed E-state index contributed by atoms with van der Waals surface area (Å²) in [6.45, 7) is 5.11. The molecule has 8 heteroatoms. The number of esters is 1. The van der Waals surface area contributed by atoms with Gasteiger partial charge in [-0.3, -0.25) is 0 Å². The smallest absolute Gasteiger partial charge is 0.338 e. The number of pyridine rings is 1. The van der Waals surface area contributed by atoms with Crippen LogP contribution >= 0.6 is 11.6 Å². The molecule has 0 radical (unpaired) electrons. The van der Waals surface area contributed by atoms with E-state index in [4.69, 9.17) is 31.5 Å². The molecule has 2 N–H and O–H groups in total. The van der Waals surface area contributed by atoms with Crippen LogP contribution in [-0.2, 0) is 14.3 Å². The van der Waals surface area contributed by atoms with Gasteiger partial charge in [0.2, 0.25) is 5.88 Å². The number of aromatic nitrogens is 1. The lowest BCUT2D eigenvalue weighted by molar-refractivity contribution is -0.138. The number of hydrogen-bond acceptors (Lipinski definition) is 7. The van der Waals surface area contributed by atoms with Crippen molar-refractivity contribution in [3.8, 4) is 11.8 Å². The fraction of sp³-hybridized carbons (Fsp3) is 0.190. The van der Waals surface area contributed by atoms with Gasteiger partial charge in [0.1, 0.15) is 34.9 Å². The number of nitriles is 1. The maximum absolute atomic E-state index is 12.7. The van der Waals surface area contributed by atoms with Crippen molar-refractivity contribution in [1.29, 1.82) is 5.26 Å². The van der Waals surface area contributed by atoms with Crippen LogP contribution in [-0.4, -0.2) is 24.7 Å². The Labute approximate surface area is 172 Å². The van der Waals surface area contributed by atoms with E-state index >= 15 is 0 Å². The summed E-state index contributed by atoms with van der Waals surface area (Å²) in [4.78, 5) is 17.1. The number of hydrogen-bond donors (Lipinski definition) is 1. The zero-order chi connectivity index (χ0) is 21.1. The van der Waals surface area contributed by atoms with Crippen molar-refractivity contribution in [1.82, 2.24) is 4.98 Å². The molecule has 1 aromatic heterocycles. The highest BCUT2D eigenvalue weighted by atomic mass is 35.5. The summed E-state index contributed by atoms with van der Waals surface area (Å²) < 4.78 is 15.9. The molecule has 7 nitrogen and oxygen atoms in total. The number of halogens is 1. The molecule has 0 aliphatic carbocycles. The van der Waals surface area contributed by atoms with Crippen LogP contribution in [0.25, 0.3) is 10.9 Å². The molecule has 0 bridgehead atoms. The summed E-state index contributed by atoms with van der Waals surface area (Å²) >= 11 is 6.46. The van der Waals surface area contributed by atoms with Crippen LogP contribution in [0.5, 0.6) is 5.75 Å². The fourth-order valence-electron chi connectivity index (χ4n) is 3.15. The highest BCUT2D eigenvalue weighted by Gasteiger charge is 2.37. The van der Waals surface area contributed by atoms with E-state index in [1.54, 1.807) is 38.3 Å². The highest BCUT2D eigenvalue weighted by Crippen LogP contribution is 2.42. The van der Waals surface area contributed by atoms with E-state index in [1.165, 1.54) is 6.08 Å². The number of carbonyl (C=O) groups excluding carboxylic acids is 1. The highest BCUT2D eigenvalue weighted by molar-refractivity contribution is 6.30. The van der Waals surface area contributed by atoms with Crippen LogP contribution in [0.2, 0.25) is 5.15 Å². The number of carbonyl (C=O) groups is 1. The second kappa shape index (κ2) is 8.25. The summed E-state index contributed by atoms with van der Waals surface area (Å²) in [5.41, 5.74) is 7.17. The molecule has 2 aromatic rings. The van der Waals surface area contributed by atoms with Gasteiger partial charge in [-0.2, -0.15) is 5.26 Å². The number of nitrogens with zero attached hydrogens (tertiary/aromatic N) is 2. The third-order valence-electron chi connectivity index (χ3n) is 4.47. The summed E-state index contributed by atoms with van der Waals surface area (Å²) in [5, 5.41) is 10.6. The maximum atomic E-state index is 12.7. The zero-order valence-corrected chi connectivity index (χ0v) is 16.6. The van der Waals surface area contributed by atoms with Gasteiger partial charge in [0.15, 0.2) is 0 Å². The van der Waals surface area contributed by atoms with Crippen molar-refractivity contribution < 1.29 is 19.0 Å². The van der Waals surface area contributed by atoms with E-state index in [0.29, 0.717) is 16.8 Å². The summed E-state index contributed by atoms with van der Waals surface area (Å²) in [7, 11) is 1.56. The third kappa shape index (κ3) is 3.75. The van der Waals surface area contributed by atoms with E-state index in [9.17, 15) is 10.1 Å². The van der Waals surface area contributed by atoms with E-state index < -0.39 is 11.9 Å². The molecule has 29 heavy (non-hydrogen) atoms. The lowest BCUT2D eigenvalue weighted by Gasteiger charge is -2.27. The van der Waals surface area contributed by atoms with Gasteiger partial charge in [-0.25, -0.2) is 9.78 Å². The van der Waals surface area contributed by atoms with Crippen molar-refractivity contribution in [2.24, 2.45) is 5.73 Å². The molecule has 2 heterocycles. The predicted molar refractivity (Wildman–Crippen MR) is 108 cm³/mol. The summed E-state index contributed by atoms with van der Waals surface area (Å²) in [5.74, 6) is -0.789. The Bertz CT molecular complexity index is 1110. The number of fused-ring (bicyclic) bond motifs is 1. The van der Waals surface area contributed by atoms with Gasteiger partial charge in [-0.05, 0) is 31.2 Å². The maximum Gasteiger partial charge on any atom is 0.338 e. The van der Waals surface area contributed by atoms with Gasteiger partial charge < -0.3 is 19.9 Å². The molecule has 1 unspecified atom stereocenters. The Hall–Kier alpha value is -3.50. The molecular formula is C21H18ClN3O4. The minimum atomic E-state index is -0.887. The average Bonchev–Trinajstić information content (AvgIpc) is 2.70. The van der Waals surface area contributed by atoms with Crippen LogP contribution < -0.4 is 10.5 Å². The molecule has 0 amide bonds. The number of allylic oxidation sites excluding steroid dienone is 2. The third-order valence-corrected chi connectivity index (χ3v) is 4.77. The Morgan fingerprint density at radius 2 is 2.24 bits per heavy atom. The average molecular weight is 412 g/mol. The number of nitrogens with two attached hydrogens (primary N) is 1. The molecular weight excluding hydrogens is 394 g/mol. The van der Waals surface area contributed by atoms with Gasteiger partial charge in [-0.15, -0.1) is 0 Å². The van der Waals surface area contributed by atoms with Gasteiger partial charge in [0.05, 0.1) is 24.1 Å². The number of benzene rings is 1. The first-order valence-electron chi connectivity index (χ1n) is 8.61. The Morgan fingerprint density at radius 3 is 2.90 bits per heavy atom. The van der Waals surface area contributed by atoms with Crippen LogP contribution in [0.4, 0.5) is 0 Å². The van der Waals surface area contributed by atoms with Gasteiger partial charge in [0.25, 0.3) is 0 Å². The molecule has 1 aromatic carbocycles. The van der Waals surface area contributed by atoms with Crippen LogP contribution in [0.3, 0.4) is 0 Å². The van der Waals surface area contributed by atoms with E-state index in [1.807, 2.05) is 6.07 Å². The molecule has 148 valence electrons. The minimum Gasteiger partial charge on any atom is -0.497 e. The molecule has 1 atom stereocenters. The lowest BCUT2D eigenvalue weighted by atomic mass is 9.83. The van der Waals surface area contributed by atoms with Gasteiger partial charge in [0, 0.05) is 10.9 Å². The largest absolute Gasteiger partial charge is 0.497 e. The quantitative estimate of drug-likeness (QED) is 0.454. The number of methoxy groups -OCH3 is 1. The molecule has 0 fully saturated rings. The van der Waals surface area contributed by atoms with Gasteiger partial charge >= 0.3 is 5.97 Å². The minimum absolute atomic E-state index is 0.00428. The van der Waals surface area contributed by atoms with E-state index in [2.05, 4.69) is 11.6 Å². The number of ether oxygens (including phenoxy) is 3. The molecule has 0 saturated heterocycles. The van der Waals surface area contributed by atoms with Crippen LogP contribution in [0.15, 0.2) is 59.7 Å². The SMILES string of the molecule is C=CCOC(=O)C1=C(C)OC(N)=C(C#N)C1c1cc2cc(OC)ccc2nc1Cl. The normalized spacial score (nSPS) is 16.3. The molecule has 3 rings (SSSR count). The topological polar surface area (TPSA) is 107 Å². The van der Waals surface area contributed by atoms with Crippen molar-refractivity contribution in [2.45, 2.75) is 12.8 Å². The Morgan fingerprint density at radius 1 is 1.48 bits per heavy atom. The predicted octanol–water partition coefficient (Wildman–Crippen LogP) is 3.71. The molecule has 1 aliphatic heterocycles. The second-order valence-corrected chi connectivity index (χ2v) is 6.57. The Kier molecular flexibility index (Phi) is 5.76. The molecule has 1 aliphatic rings. The first kappa shape index (κ1) is 20.2. The van der Waals surface area contributed by atoms with Gasteiger partial charge in [-0.1, -0.05) is 24.3 Å². The van der Waals surface area contributed by atoms with E-state index in [-0.39, 0.29) is 34.5 Å². The van der Waals surface area contributed by atoms with Crippen molar-refractivity contribution in [2.75, 3.05) is 13.7 Å². The fourth-order valence-corrected chi connectivity index (χ4v) is 3.40. The van der Waals surface area contributed by atoms with Crippen LogP contribution in [0, 0.1) is 11.3 Å². The first-order chi connectivity index (χ1) is 13.9. The molecule has 0 spiro atoms. The van der Waals surface area contributed by atoms with E-state index in [0.717, 1.165) is 5.39 Å². The summed E-state index contributed by atoms with van der Waals surface area (Å²) in [6, 6.07) is 9.09. The molecule has 0 saturated carbocycles.